The van der Waals surface area contributed by atoms with E-state index in [4.69, 9.17) is 0 Å². The molecule has 1 unspecified atom stereocenters. The number of aldehydes is 1. The number of benzene rings is 1. The van der Waals surface area contributed by atoms with Gasteiger partial charge in [-0.15, -0.1) is 0 Å². The summed E-state index contributed by atoms with van der Waals surface area (Å²) in [5, 5.41) is 2.51. The van der Waals surface area contributed by atoms with Crippen LogP contribution in [0.15, 0.2) is 24.3 Å². The van der Waals surface area contributed by atoms with Crippen molar-refractivity contribution >= 4 is 23.8 Å². The zero-order chi connectivity index (χ0) is 13.8. The Balaban J connectivity index is 2.24. The Morgan fingerprint density at radius 3 is 2.95 bits per heavy atom. The SMILES string of the molecule is CC(CC=O)c1cccc(N2CC(=O)NCC2=O)c1. The molecule has 0 aliphatic carbocycles. The monoisotopic (exact) mass is 260 g/mol. The smallest absolute Gasteiger partial charge is 0.246 e. The van der Waals surface area contributed by atoms with E-state index in [1.54, 1.807) is 6.07 Å². The van der Waals surface area contributed by atoms with Gasteiger partial charge < -0.3 is 15.0 Å². The molecule has 0 spiro atoms. The Bertz CT molecular complexity index is 513. The van der Waals surface area contributed by atoms with Crippen LogP contribution in [0.2, 0.25) is 0 Å². The van der Waals surface area contributed by atoms with Gasteiger partial charge in [-0.25, -0.2) is 0 Å². The summed E-state index contributed by atoms with van der Waals surface area (Å²) in [6.45, 7) is 2.04. The third-order valence-corrected chi connectivity index (χ3v) is 3.24. The average Bonchev–Trinajstić information content (AvgIpc) is 2.42. The summed E-state index contributed by atoms with van der Waals surface area (Å²) >= 11 is 0. The highest BCUT2D eigenvalue weighted by Crippen LogP contribution is 2.24. The maximum Gasteiger partial charge on any atom is 0.246 e. The first kappa shape index (κ1) is 13.3. The van der Waals surface area contributed by atoms with Gasteiger partial charge >= 0.3 is 0 Å². The topological polar surface area (TPSA) is 66.5 Å². The highest BCUT2D eigenvalue weighted by molar-refractivity contribution is 6.04. The van der Waals surface area contributed by atoms with E-state index in [1.807, 2.05) is 25.1 Å². The maximum atomic E-state index is 11.8. The zero-order valence-corrected chi connectivity index (χ0v) is 10.8. The molecule has 1 atom stereocenters. The molecule has 5 heteroatoms. The summed E-state index contributed by atoms with van der Waals surface area (Å²) in [5.41, 5.74) is 1.69. The zero-order valence-electron chi connectivity index (χ0n) is 10.8. The third-order valence-electron chi connectivity index (χ3n) is 3.24. The summed E-state index contributed by atoms with van der Waals surface area (Å²) in [7, 11) is 0. The Morgan fingerprint density at radius 1 is 1.42 bits per heavy atom. The lowest BCUT2D eigenvalue weighted by Crippen LogP contribution is -2.51. The van der Waals surface area contributed by atoms with Gasteiger partial charge in [-0.05, 0) is 23.6 Å². The standard InChI is InChI=1S/C14H16N2O3/c1-10(5-6-17)11-3-2-4-12(7-11)16-9-13(18)15-8-14(16)19/h2-4,6-7,10H,5,8-9H2,1H3,(H,15,18). The summed E-state index contributed by atoms with van der Waals surface area (Å²) in [5.74, 6) is -0.183. The fourth-order valence-electron chi connectivity index (χ4n) is 2.07. The number of rotatable bonds is 4. The molecule has 19 heavy (non-hydrogen) atoms. The van der Waals surface area contributed by atoms with Crippen molar-refractivity contribution in [2.45, 2.75) is 19.3 Å². The van der Waals surface area contributed by atoms with Crippen LogP contribution in [0.3, 0.4) is 0 Å². The van der Waals surface area contributed by atoms with Crippen LogP contribution in [0.5, 0.6) is 0 Å². The molecule has 2 amide bonds. The number of nitrogens with one attached hydrogen (secondary N) is 1. The van der Waals surface area contributed by atoms with Crippen LogP contribution in [0.25, 0.3) is 0 Å². The molecule has 2 rings (SSSR count). The van der Waals surface area contributed by atoms with Gasteiger partial charge in [0.15, 0.2) is 0 Å². The number of carbonyl (C=O) groups excluding carboxylic acids is 3. The van der Waals surface area contributed by atoms with Crippen LogP contribution in [0, 0.1) is 0 Å². The molecule has 1 fully saturated rings. The first-order valence-corrected chi connectivity index (χ1v) is 6.22. The van der Waals surface area contributed by atoms with Crippen molar-refractivity contribution in [2.75, 3.05) is 18.0 Å². The van der Waals surface area contributed by atoms with Gasteiger partial charge in [0.2, 0.25) is 11.8 Å². The molecule has 1 aromatic rings. The maximum absolute atomic E-state index is 11.8. The van der Waals surface area contributed by atoms with Gasteiger partial charge in [0.05, 0.1) is 6.54 Å². The van der Waals surface area contributed by atoms with Crippen LogP contribution in [-0.2, 0) is 14.4 Å². The minimum Gasteiger partial charge on any atom is -0.345 e. The Morgan fingerprint density at radius 2 is 2.21 bits per heavy atom. The number of hydrogen-bond donors (Lipinski definition) is 1. The minimum absolute atomic E-state index is 0.0347. The minimum atomic E-state index is -0.161. The molecule has 1 aliphatic rings. The summed E-state index contributed by atoms with van der Waals surface area (Å²) in [6, 6.07) is 7.43. The molecule has 0 bridgehead atoms. The van der Waals surface area contributed by atoms with Crippen molar-refractivity contribution in [3.8, 4) is 0 Å². The fourth-order valence-corrected chi connectivity index (χ4v) is 2.07. The number of piperazine rings is 1. The summed E-state index contributed by atoms with van der Waals surface area (Å²) in [4.78, 5) is 35.2. The van der Waals surface area contributed by atoms with Gasteiger partial charge in [0.1, 0.15) is 12.8 Å². The lowest BCUT2D eigenvalue weighted by Gasteiger charge is -2.27. The molecular weight excluding hydrogens is 244 g/mol. The molecule has 5 nitrogen and oxygen atoms in total. The molecule has 1 N–H and O–H groups in total. The van der Waals surface area contributed by atoms with E-state index in [9.17, 15) is 14.4 Å². The fraction of sp³-hybridized carbons (Fsp3) is 0.357. The van der Waals surface area contributed by atoms with Crippen LogP contribution in [0.1, 0.15) is 24.8 Å². The van der Waals surface area contributed by atoms with Gasteiger partial charge in [0, 0.05) is 12.1 Å². The second-order valence-corrected chi connectivity index (χ2v) is 4.66. The van der Waals surface area contributed by atoms with Crippen molar-refractivity contribution < 1.29 is 14.4 Å². The van der Waals surface area contributed by atoms with Gasteiger partial charge in [-0.2, -0.15) is 0 Å². The summed E-state index contributed by atoms with van der Waals surface area (Å²) in [6.07, 6.45) is 1.33. The van der Waals surface area contributed by atoms with Crippen molar-refractivity contribution in [1.29, 1.82) is 0 Å². The number of amides is 2. The quantitative estimate of drug-likeness (QED) is 0.816. The second kappa shape index (κ2) is 5.65. The molecule has 0 aromatic heterocycles. The number of carbonyl (C=O) groups is 3. The number of nitrogens with zero attached hydrogens (tertiary/aromatic N) is 1. The van der Waals surface area contributed by atoms with Crippen molar-refractivity contribution in [1.82, 2.24) is 5.32 Å². The Labute approximate surface area is 111 Å². The van der Waals surface area contributed by atoms with Crippen molar-refractivity contribution in [3.05, 3.63) is 29.8 Å². The van der Waals surface area contributed by atoms with E-state index in [2.05, 4.69) is 5.32 Å². The number of hydrogen-bond acceptors (Lipinski definition) is 3. The molecule has 1 saturated heterocycles. The molecule has 0 radical (unpaired) electrons. The van der Waals surface area contributed by atoms with Crippen LogP contribution >= 0.6 is 0 Å². The van der Waals surface area contributed by atoms with Crippen molar-refractivity contribution in [3.63, 3.8) is 0 Å². The lowest BCUT2D eigenvalue weighted by atomic mass is 9.98. The highest BCUT2D eigenvalue weighted by atomic mass is 16.2. The largest absolute Gasteiger partial charge is 0.345 e. The normalized spacial score (nSPS) is 17.0. The van der Waals surface area contributed by atoms with E-state index < -0.39 is 0 Å². The predicted octanol–water partition coefficient (Wildman–Crippen LogP) is 0.842. The average molecular weight is 260 g/mol. The van der Waals surface area contributed by atoms with E-state index in [1.165, 1.54) is 4.90 Å². The molecule has 100 valence electrons. The first-order valence-electron chi connectivity index (χ1n) is 6.22. The van der Waals surface area contributed by atoms with Crippen LogP contribution in [0.4, 0.5) is 5.69 Å². The molecule has 0 saturated carbocycles. The van der Waals surface area contributed by atoms with E-state index in [-0.39, 0.29) is 30.8 Å². The number of anilines is 1. The third kappa shape index (κ3) is 2.99. The van der Waals surface area contributed by atoms with Crippen molar-refractivity contribution in [2.24, 2.45) is 0 Å². The lowest BCUT2D eigenvalue weighted by molar-refractivity contribution is -0.128. The second-order valence-electron chi connectivity index (χ2n) is 4.66. The van der Waals surface area contributed by atoms with E-state index >= 15 is 0 Å². The highest BCUT2D eigenvalue weighted by Gasteiger charge is 2.24. The Hall–Kier alpha value is -2.17. The predicted molar refractivity (Wildman–Crippen MR) is 70.9 cm³/mol. The van der Waals surface area contributed by atoms with Crippen LogP contribution in [-0.4, -0.2) is 31.2 Å². The first-order chi connectivity index (χ1) is 9.11. The Kier molecular flexibility index (Phi) is 3.94. The van der Waals surface area contributed by atoms with Gasteiger partial charge in [0.25, 0.3) is 0 Å². The van der Waals surface area contributed by atoms with Crippen LogP contribution < -0.4 is 10.2 Å². The molecule has 1 aromatic carbocycles. The van der Waals surface area contributed by atoms with Gasteiger partial charge in [-0.1, -0.05) is 19.1 Å². The van der Waals surface area contributed by atoms with E-state index in [0.717, 1.165) is 11.8 Å². The van der Waals surface area contributed by atoms with E-state index in [0.29, 0.717) is 12.1 Å². The molecular formula is C14H16N2O3. The van der Waals surface area contributed by atoms with Gasteiger partial charge in [-0.3, -0.25) is 9.59 Å². The molecule has 1 heterocycles. The molecule has 1 aliphatic heterocycles. The summed E-state index contributed by atoms with van der Waals surface area (Å²) < 4.78 is 0.